The van der Waals surface area contributed by atoms with Crippen LogP contribution >= 0.6 is 0 Å². The van der Waals surface area contributed by atoms with E-state index in [1.54, 1.807) is 0 Å². The molecule has 0 N–H and O–H groups in total. The number of hydrogen-bond acceptors (Lipinski definition) is 8. The number of hydrogen-bond donors (Lipinski definition) is 0. The summed E-state index contributed by atoms with van der Waals surface area (Å²) >= 11 is 1.94. The quantitative estimate of drug-likeness (QED) is 0.287. The van der Waals surface area contributed by atoms with Gasteiger partial charge in [0, 0.05) is 0 Å². The van der Waals surface area contributed by atoms with Crippen LogP contribution in [-0.4, -0.2) is 72.8 Å². The molecule has 0 saturated carbocycles. The summed E-state index contributed by atoms with van der Waals surface area (Å²) < 4.78 is 7.42. The summed E-state index contributed by atoms with van der Waals surface area (Å²) in [6.07, 6.45) is 0. The maximum Gasteiger partial charge on any atom is 2.00 e. The molecule has 0 aliphatic carbocycles. The van der Waals surface area contributed by atoms with Crippen LogP contribution in [-0.2, 0) is 67.5 Å². The third-order valence-electron chi connectivity index (χ3n) is 0.519. The zero-order valence-corrected chi connectivity index (χ0v) is 14.5. The molecule has 8 nitrogen and oxygen atoms in total. The molecule has 0 saturated heterocycles. The molecular formula is C4BaO8Ti2. The standard InChI is InChI=1S/2C2H2O4.Ba.2Ti/c2*3-1(4)2(5)6;;;/h2*(H,3,4)(H,5,6);;;/q;;+2;2*+1/p-4. The van der Waals surface area contributed by atoms with Gasteiger partial charge in [0.1, 0.15) is 0 Å². The smallest absolute Gasteiger partial charge is 2.00 e. The van der Waals surface area contributed by atoms with E-state index in [4.69, 9.17) is 0 Å². The average Bonchev–Trinajstić information content (AvgIpc) is 2.15. The first-order valence-corrected chi connectivity index (χ1v) is 3.82. The van der Waals surface area contributed by atoms with Crippen molar-refractivity contribution in [3.63, 3.8) is 0 Å². The predicted molar refractivity (Wildman–Crippen MR) is 28.0 cm³/mol. The van der Waals surface area contributed by atoms with Gasteiger partial charge in [0.05, 0.1) is 0 Å². The molecule has 0 rings (SSSR count). The molecule has 11 heteroatoms. The molecule has 0 atom stereocenters. The number of rotatable bonds is 0. The van der Waals surface area contributed by atoms with Gasteiger partial charge in [0.25, 0.3) is 0 Å². The Morgan fingerprint density at radius 3 is 1.00 bits per heavy atom. The minimum Gasteiger partial charge on any atom is 2.00 e. The molecule has 0 aromatic heterocycles. The average molecular weight is 409 g/mol. The first kappa shape index (κ1) is 21.2. The third kappa shape index (κ3) is 14.9. The molecule has 0 aliphatic heterocycles. The monoisotopic (exact) mass is 410 g/mol. The van der Waals surface area contributed by atoms with Crippen molar-refractivity contribution in [1.29, 1.82) is 0 Å². The summed E-state index contributed by atoms with van der Waals surface area (Å²) in [5.41, 5.74) is 0. The van der Waals surface area contributed by atoms with Crippen LogP contribution in [0.1, 0.15) is 0 Å². The van der Waals surface area contributed by atoms with Crippen molar-refractivity contribution in [3.05, 3.63) is 0 Å². The van der Waals surface area contributed by atoms with Crippen molar-refractivity contribution in [1.82, 2.24) is 0 Å². The van der Waals surface area contributed by atoms with Gasteiger partial charge in [0.2, 0.25) is 0 Å². The van der Waals surface area contributed by atoms with Crippen LogP contribution < -0.4 is 10.2 Å². The second-order valence-electron chi connectivity index (χ2n) is 1.35. The Morgan fingerprint density at radius 2 is 1.00 bits per heavy atom. The molecule has 74 valence electrons. The van der Waals surface area contributed by atoms with Crippen molar-refractivity contribution >= 4 is 72.8 Å². The van der Waals surface area contributed by atoms with E-state index in [0.29, 0.717) is 0 Å². The van der Waals surface area contributed by atoms with Crippen molar-refractivity contribution < 1.29 is 77.7 Å². The predicted octanol–water partition coefficient (Wildman–Crippen LogP) is -4.90. The van der Waals surface area contributed by atoms with E-state index < -0.39 is 23.9 Å². The summed E-state index contributed by atoms with van der Waals surface area (Å²) in [7, 11) is 0. The van der Waals surface area contributed by atoms with E-state index in [1.165, 1.54) is 0 Å². The number of carboxylic acid groups (broad SMARTS) is 2. The van der Waals surface area contributed by atoms with Gasteiger partial charge in [-0.2, -0.15) is 0 Å². The van der Waals surface area contributed by atoms with Crippen molar-refractivity contribution in [2.45, 2.75) is 0 Å². The first-order valence-electron chi connectivity index (χ1n) is 2.54. The fourth-order valence-corrected chi connectivity index (χ4v) is 0.344. The minimum absolute atomic E-state index is 0. The second kappa shape index (κ2) is 12.9. The second-order valence-corrected chi connectivity index (χ2v) is 1.99. The Kier molecular flexibility index (Phi) is 18.3. The van der Waals surface area contributed by atoms with Gasteiger partial charge < -0.3 is 0 Å². The largest absolute Gasteiger partial charge is 2.00 e. The Bertz CT molecular complexity index is 227. The fourth-order valence-electron chi connectivity index (χ4n) is 0.0833. The van der Waals surface area contributed by atoms with E-state index in [9.17, 15) is 29.4 Å². The molecule has 15 heavy (non-hydrogen) atoms. The van der Waals surface area contributed by atoms with Crippen molar-refractivity contribution in [3.8, 4) is 0 Å². The zero-order chi connectivity index (χ0) is 11.7. The SMILES string of the molecule is O=C([O-])C(=O)[O][Ti].O=C([O-])C(=O)[O][Ti].[Ba+2]. The Balaban J connectivity index is -0.000000180. The normalized spacial score (nSPS) is 6.80. The van der Waals surface area contributed by atoms with Crippen molar-refractivity contribution in [2.24, 2.45) is 0 Å². The van der Waals surface area contributed by atoms with E-state index in [2.05, 4.69) is 6.64 Å². The summed E-state index contributed by atoms with van der Waals surface area (Å²) in [5, 5.41) is 18.7. The molecule has 0 spiro atoms. The number of aliphatic carboxylic acids is 2. The molecule has 0 heterocycles. The summed E-state index contributed by atoms with van der Waals surface area (Å²) in [6.45, 7) is 0. The molecule has 0 fully saturated rings. The van der Waals surface area contributed by atoms with E-state index in [1.807, 2.05) is 0 Å². The van der Waals surface area contributed by atoms with Crippen LogP contribution in [0.4, 0.5) is 0 Å². The van der Waals surface area contributed by atoms with E-state index >= 15 is 0 Å². The number of carboxylic acids is 2. The topological polar surface area (TPSA) is 133 Å². The molecule has 0 aromatic rings. The first-order chi connectivity index (χ1) is 6.36. The molecule has 0 aliphatic rings. The fraction of sp³-hybridized carbons (Fsp3) is 0. The van der Waals surface area contributed by atoms with Gasteiger partial charge in [-0.1, -0.05) is 0 Å². The van der Waals surface area contributed by atoms with Crippen LogP contribution in [0.15, 0.2) is 0 Å². The van der Waals surface area contributed by atoms with Crippen LogP contribution in [0.25, 0.3) is 0 Å². The van der Waals surface area contributed by atoms with E-state index in [0.717, 1.165) is 41.6 Å². The van der Waals surface area contributed by atoms with Crippen LogP contribution in [0.3, 0.4) is 0 Å². The van der Waals surface area contributed by atoms with Crippen molar-refractivity contribution in [2.75, 3.05) is 0 Å². The Morgan fingerprint density at radius 1 is 0.800 bits per heavy atom. The molecule has 0 radical (unpaired) electrons. The molecular weight excluding hydrogens is 409 g/mol. The van der Waals surface area contributed by atoms with Gasteiger partial charge in [-0.25, -0.2) is 0 Å². The summed E-state index contributed by atoms with van der Waals surface area (Å²) in [4.78, 5) is 37.9. The summed E-state index contributed by atoms with van der Waals surface area (Å²) in [5.74, 6) is -6.33. The number of carbonyl (C=O) groups excluding carboxylic acids is 4. The maximum absolute atomic E-state index is 9.63. The van der Waals surface area contributed by atoms with Crippen LogP contribution in [0.5, 0.6) is 0 Å². The maximum atomic E-state index is 9.63. The van der Waals surface area contributed by atoms with Gasteiger partial charge in [-0.05, 0) is 0 Å². The van der Waals surface area contributed by atoms with Crippen LogP contribution in [0.2, 0.25) is 0 Å². The Hall–Kier alpha value is 0.880. The minimum atomic E-state index is -1.82. The third-order valence-corrected chi connectivity index (χ3v) is 1.10. The van der Waals surface area contributed by atoms with Gasteiger partial charge in [-0.3, -0.25) is 0 Å². The number of carbonyl (C=O) groups is 4. The van der Waals surface area contributed by atoms with Gasteiger partial charge in [0.15, 0.2) is 0 Å². The van der Waals surface area contributed by atoms with Gasteiger partial charge in [-0.15, -0.1) is 0 Å². The molecule has 0 unspecified atom stereocenters. The van der Waals surface area contributed by atoms with E-state index in [-0.39, 0.29) is 48.9 Å². The summed E-state index contributed by atoms with van der Waals surface area (Å²) in [6, 6.07) is 0. The zero-order valence-electron chi connectivity index (χ0n) is 6.97. The van der Waals surface area contributed by atoms with Crippen LogP contribution in [0, 0.1) is 0 Å². The molecule has 0 amide bonds. The molecule has 0 bridgehead atoms. The Labute approximate surface area is 148 Å². The molecule has 0 aromatic carbocycles. The van der Waals surface area contributed by atoms with Gasteiger partial charge >= 0.3 is 150 Å².